The number of thiophene rings is 1. The molecule has 0 saturated carbocycles. The minimum Gasteiger partial charge on any atom is -0.356 e. The van der Waals surface area contributed by atoms with Crippen molar-refractivity contribution in [3.63, 3.8) is 0 Å². The van der Waals surface area contributed by atoms with Crippen LogP contribution < -0.4 is 10.6 Å². The third kappa shape index (κ3) is 4.70. The molecule has 0 saturated heterocycles. The summed E-state index contributed by atoms with van der Waals surface area (Å²) in [5.41, 5.74) is 1.47. The van der Waals surface area contributed by atoms with Gasteiger partial charge in [0.2, 0.25) is 5.91 Å². The number of amides is 1. The van der Waals surface area contributed by atoms with E-state index >= 15 is 0 Å². The van der Waals surface area contributed by atoms with Crippen LogP contribution in [0.3, 0.4) is 0 Å². The summed E-state index contributed by atoms with van der Waals surface area (Å²) < 4.78 is 1.37. The van der Waals surface area contributed by atoms with Crippen LogP contribution in [0.5, 0.6) is 0 Å². The first-order valence-corrected chi connectivity index (χ1v) is 9.24. The van der Waals surface area contributed by atoms with E-state index in [-0.39, 0.29) is 5.91 Å². The van der Waals surface area contributed by atoms with Crippen molar-refractivity contribution in [3.05, 3.63) is 19.4 Å². The van der Waals surface area contributed by atoms with E-state index < -0.39 is 0 Å². The molecule has 1 aromatic rings. The lowest BCUT2D eigenvalue weighted by Crippen LogP contribution is -2.32. The average Bonchev–Trinajstić information content (AvgIpc) is 2.77. The minimum absolute atomic E-state index is 0.155. The van der Waals surface area contributed by atoms with Crippen LogP contribution in [-0.4, -0.2) is 19.0 Å². The van der Waals surface area contributed by atoms with E-state index in [4.69, 9.17) is 0 Å². The van der Waals surface area contributed by atoms with Crippen molar-refractivity contribution in [2.24, 2.45) is 5.92 Å². The summed E-state index contributed by atoms with van der Waals surface area (Å²) in [6, 6.07) is 2.74. The average molecular weight is 406 g/mol. The Morgan fingerprint density at radius 1 is 1.55 bits per heavy atom. The highest BCUT2D eigenvalue weighted by molar-refractivity contribution is 14.1. The maximum absolute atomic E-state index is 11.7. The van der Waals surface area contributed by atoms with Gasteiger partial charge in [0.05, 0.1) is 2.88 Å². The number of aryl methyl sites for hydroxylation is 1. The molecule has 1 amide bonds. The molecule has 0 aromatic carbocycles. The highest BCUT2D eigenvalue weighted by Gasteiger charge is 2.22. The zero-order valence-corrected chi connectivity index (χ0v) is 15.1. The molecule has 0 radical (unpaired) electrons. The van der Waals surface area contributed by atoms with Gasteiger partial charge in [-0.15, -0.1) is 11.3 Å². The molecule has 0 aliphatic heterocycles. The number of fused-ring (bicyclic) bond motifs is 1. The smallest absolute Gasteiger partial charge is 0.221 e. The summed E-state index contributed by atoms with van der Waals surface area (Å²) in [5.74, 6) is 0.669. The lowest BCUT2D eigenvalue weighted by molar-refractivity contribution is -0.121. The van der Waals surface area contributed by atoms with Gasteiger partial charge >= 0.3 is 0 Å². The molecular weight excluding hydrogens is 383 g/mol. The zero-order chi connectivity index (χ0) is 14.5. The Hall–Kier alpha value is -0.140. The summed E-state index contributed by atoms with van der Waals surface area (Å²) in [6.45, 7) is 5.76. The number of carbonyl (C=O) groups is 1. The van der Waals surface area contributed by atoms with E-state index in [9.17, 15) is 4.79 Å². The molecule has 1 aliphatic rings. The molecule has 0 spiro atoms. The van der Waals surface area contributed by atoms with Gasteiger partial charge in [0.25, 0.3) is 0 Å². The maximum atomic E-state index is 11.7. The van der Waals surface area contributed by atoms with E-state index in [1.807, 2.05) is 11.3 Å². The molecule has 112 valence electrons. The van der Waals surface area contributed by atoms with Crippen LogP contribution >= 0.6 is 33.9 Å². The molecule has 1 aromatic heterocycles. The van der Waals surface area contributed by atoms with Crippen molar-refractivity contribution in [1.29, 1.82) is 0 Å². The third-order valence-corrected chi connectivity index (χ3v) is 5.51. The van der Waals surface area contributed by atoms with E-state index in [1.54, 1.807) is 0 Å². The fraction of sp³-hybridized carbons (Fsp3) is 0.667. The normalized spacial score (nSPS) is 18.1. The number of hydrogen-bond donors (Lipinski definition) is 2. The van der Waals surface area contributed by atoms with Crippen molar-refractivity contribution >= 4 is 39.8 Å². The molecule has 0 bridgehead atoms. The van der Waals surface area contributed by atoms with Crippen molar-refractivity contribution < 1.29 is 4.79 Å². The lowest BCUT2D eigenvalue weighted by atomic mass is 9.94. The first kappa shape index (κ1) is 16.2. The molecule has 2 rings (SSSR count). The Bertz CT molecular complexity index is 459. The van der Waals surface area contributed by atoms with Gasteiger partial charge in [0.15, 0.2) is 0 Å². The molecule has 5 heteroatoms. The predicted octanol–water partition coefficient (Wildman–Crippen LogP) is 3.48. The van der Waals surface area contributed by atoms with Crippen LogP contribution in [0.2, 0.25) is 0 Å². The number of rotatable bonds is 6. The molecule has 3 nitrogen and oxygen atoms in total. The zero-order valence-electron chi connectivity index (χ0n) is 12.2. The van der Waals surface area contributed by atoms with Crippen LogP contribution in [0, 0.1) is 8.80 Å². The molecule has 1 aliphatic carbocycles. The second kappa shape index (κ2) is 7.75. The molecule has 20 heavy (non-hydrogen) atoms. The van der Waals surface area contributed by atoms with E-state index in [0.29, 0.717) is 18.4 Å². The highest BCUT2D eigenvalue weighted by atomic mass is 127. The van der Waals surface area contributed by atoms with E-state index in [0.717, 1.165) is 13.1 Å². The van der Waals surface area contributed by atoms with E-state index in [1.165, 1.54) is 32.6 Å². The van der Waals surface area contributed by atoms with Crippen LogP contribution in [0.1, 0.15) is 49.6 Å². The number of hydrogen-bond acceptors (Lipinski definition) is 3. The topological polar surface area (TPSA) is 41.1 Å². The second-order valence-electron chi connectivity index (χ2n) is 5.78. The molecule has 1 atom stereocenters. The highest BCUT2D eigenvalue weighted by Crippen LogP contribution is 2.36. The SMILES string of the molecule is CC(C)CNC(=O)CCNC1CCCc2sc(I)cc21. The van der Waals surface area contributed by atoms with Crippen molar-refractivity contribution in [3.8, 4) is 0 Å². The van der Waals surface area contributed by atoms with Crippen molar-refractivity contribution in [2.75, 3.05) is 13.1 Å². The fourth-order valence-corrected chi connectivity index (χ4v) is 4.62. The third-order valence-electron chi connectivity index (χ3n) is 3.53. The van der Waals surface area contributed by atoms with Crippen molar-refractivity contribution in [1.82, 2.24) is 10.6 Å². The van der Waals surface area contributed by atoms with Crippen LogP contribution in [0.15, 0.2) is 6.07 Å². The van der Waals surface area contributed by atoms with Gasteiger partial charge in [-0.05, 0) is 59.4 Å². The van der Waals surface area contributed by atoms with Crippen LogP contribution in [0.4, 0.5) is 0 Å². The van der Waals surface area contributed by atoms with E-state index in [2.05, 4.69) is 53.1 Å². The quantitative estimate of drug-likeness (QED) is 0.711. The summed E-state index contributed by atoms with van der Waals surface area (Å²) >= 11 is 4.32. The predicted molar refractivity (Wildman–Crippen MR) is 93.2 cm³/mol. The molecular formula is C15H23IN2OS. The summed E-state index contributed by atoms with van der Waals surface area (Å²) in [5, 5.41) is 6.52. The lowest BCUT2D eigenvalue weighted by Gasteiger charge is -2.23. The number of nitrogens with one attached hydrogen (secondary N) is 2. The van der Waals surface area contributed by atoms with Crippen molar-refractivity contribution in [2.45, 2.75) is 45.6 Å². The Labute approximate surface area is 139 Å². The monoisotopic (exact) mass is 406 g/mol. The molecule has 2 N–H and O–H groups in total. The van der Waals surface area contributed by atoms with Crippen LogP contribution in [0.25, 0.3) is 0 Å². The Kier molecular flexibility index (Phi) is 6.29. The summed E-state index contributed by atoms with van der Waals surface area (Å²) in [6.07, 6.45) is 4.23. The maximum Gasteiger partial charge on any atom is 0.221 e. The van der Waals surface area contributed by atoms with Gasteiger partial charge in [0, 0.05) is 30.4 Å². The first-order valence-electron chi connectivity index (χ1n) is 7.34. The number of carbonyl (C=O) groups excluding carboxylic acids is 1. The molecule has 1 unspecified atom stereocenters. The Balaban J connectivity index is 1.76. The standard InChI is InChI=1S/C15H23IN2OS/c1-10(2)9-18-15(19)6-7-17-12-4-3-5-13-11(12)8-14(16)20-13/h8,10,12,17H,3-7,9H2,1-2H3,(H,18,19). The van der Waals surface area contributed by atoms with Gasteiger partial charge in [-0.25, -0.2) is 0 Å². The molecule has 0 fully saturated rings. The fourth-order valence-electron chi connectivity index (χ4n) is 2.50. The number of halogens is 1. The molecule has 1 heterocycles. The first-order chi connectivity index (χ1) is 9.56. The summed E-state index contributed by atoms with van der Waals surface area (Å²) in [7, 11) is 0. The largest absolute Gasteiger partial charge is 0.356 e. The minimum atomic E-state index is 0.155. The Morgan fingerprint density at radius 3 is 3.10 bits per heavy atom. The Morgan fingerprint density at radius 2 is 2.35 bits per heavy atom. The van der Waals surface area contributed by atoms with Gasteiger partial charge in [-0.1, -0.05) is 13.8 Å². The van der Waals surface area contributed by atoms with Gasteiger partial charge < -0.3 is 10.6 Å². The van der Waals surface area contributed by atoms with Gasteiger partial charge in [-0.2, -0.15) is 0 Å². The summed E-state index contributed by atoms with van der Waals surface area (Å²) in [4.78, 5) is 13.2. The second-order valence-corrected chi connectivity index (χ2v) is 8.81. The van der Waals surface area contributed by atoms with Gasteiger partial charge in [-0.3, -0.25) is 4.79 Å². The van der Waals surface area contributed by atoms with Crippen LogP contribution in [-0.2, 0) is 11.2 Å². The van der Waals surface area contributed by atoms with Gasteiger partial charge in [0.1, 0.15) is 0 Å².